The highest BCUT2D eigenvalue weighted by Crippen LogP contribution is 2.26. The van der Waals surface area contributed by atoms with Gasteiger partial charge in [0.2, 0.25) is 0 Å². The third-order valence-corrected chi connectivity index (χ3v) is 4.67. The van der Waals surface area contributed by atoms with Crippen molar-refractivity contribution < 1.29 is 9.18 Å². The topological polar surface area (TPSA) is 80.9 Å². The fourth-order valence-electron chi connectivity index (χ4n) is 3.23. The zero-order valence-electron chi connectivity index (χ0n) is 13.4. The molecule has 122 valence electrons. The van der Waals surface area contributed by atoms with Crippen molar-refractivity contribution in [2.24, 2.45) is 11.7 Å². The Morgan fingerprint density at radius 2 is 2.04 bits per heavy atom. The Hall–Kier alpha value is -2.08. The lowest BCUT2D eigenvalue weighted by atomic mass is 10.0. The van der Waals surface area contributed by atoms with Gasteiger partial charge in [0.15, 0.2) is 0 Å². The van der Waals surface area contributed by atoms with E-state index in [0.717, 1.165) is 30.7 Å². The number of rotatable bonds is 3. The van der Waals surface area contributed by atoms with Crippen LogP contribution >= 0.6 is 0 Å². The van der Waals surface area contributed by atoms with Crippen LogP contribution in [0.5, 0.6) is 0 Å². The number of carbonyl (C=O) groups is 1. The molecule has 1 aliphatic carbocycles. The van der Waals surface area contributed by atoms with Crippen LogP contribution in [0.3, 0.4) is 0 Å². The van der Waals surface area contributed by atoms with E-state index in [2.05, 4.69) is 15.3 Å². The highest BCUT2D eigenvalue weighted by atomic mass is 19.1. The van der Waals surface area contributed by atoms with Crippen molar-refractivity contribution in [2.75, 3.05) is 6.54 Å². The van der Waals surface area contributed by atoms with Gasteiger partial charge in [0.25, 0.3) is 5.91 Å². The second kappa shape index (κ2) is 6.20. The molecule has 1 aliphatic rings. The van der Waals surface area contributed by atoms with Crippen LogP contribution in [-0.2, 0) is 0 Å². The molecular formula is C17H21FN4O. The standard InChI is InChI=1S/C17H21FN4O/c1-9-10(2)21-16-13(6-12(18)7-15(16)20-9)17(23)22-14-5-3-4-11(14)8-19/h6-7,11,14H,3-5,8,19H2,1-2H3,(H,22,23). The average molecular weight is 316 g/mol. The first-order chi connectivity index (χ1) is 11.0. The summed E-state index contributed by atoms with van der Waals surface area (Å²) in [7, 11) is 0. The SMILES string of the molecule is Cc1nc2cc(F)cc(C(=O)NC3CCCC3CN)c2nc1C. The Morgan fingerprint density at radius 1 is 1.30 bits per heavy atom. The zero-order chi connectivity index (χ0) is 16.6. The lowest BCUT2D eigenvalue weighted by molar-refractivity contribution is 0.0930. The molecule has 0 saturated heterocycles. The van der Waals surface area contributed by atoms with Crippen LogP contribution in [0, 0.1) is 25.6 Å². The summed E-state index contributed by atoms with van der Waals surface area (Å²) in [5.41, 5.74) is 8.30. The number of amides is 1. The zero-order valence-corrected chi connectivity index (χ0v) is 13.4. The lowest BCUT2D eigenvalue weighted by Gasteiger charge is -2.20. The molecule has 5 nitrogen and oxygen atoms in total. The number of nitrogens with zero attached hydrogens (tertiary/aromatic N) is 2. The number of aromatic nitrogens is 2. The van der Waals surface area contributed by atoms with E-state index >= 15 is 0 Å². The van der Waals surface area contributed by atoms with E-state index in [-0.39, 0.29) is 23.4 Å². The average Bonchev–Trinajstić information content (AvgIpc) is 2.95. The summed E-state index contributed by atoms with van der Waals surface area (Å²) in [6.07, 6.45) is 2.98. The van der Waals surface area contributed by atoms with Crippen molar-refractivity contribution in [1.29, 1.82) is 0 Å². The Labute approximate surface area is 134 Å². The minimum absolute atomic E-state index is 0.0466. The van der Waals surface area contributed by atoms with Crippen LogP contribution in [0.1, 0.15) is 41.0 Å². The summed E-state index contributed by atoms with van der Waals surface area (Å²) in [5, 5.41) is 3.00. The highest BCUT2D eigenvalue weighted by molar-refractivity contribution is 6.04. The first-order valence-electron chi connectivity index (χ1n) is 7.95. The molecule has 0 radical (unpaired) electrons. The van der Waals surface area contributed by atoms with Crippen molar-refractivity contribution in [1.82, 2.24) is 15.3 Å². The predicted molar refractivity (Wildman–Crippen MR) is 86.6 cm³/mol. The maximum Gasteiger partial charge on any atom is 0.253 e. The van der Waals surface area contributed by atoms with E-state index in [1.807, 2.05) is 13.8 Å². The molecule has 2 atom stereocenters. The molecule has 2 unspecified atom stereocenters. The minimum atomic E-state index is -0.484. The van der Waals surface area contributed by atoms with Gasteiger partial charge in [-0.2, -0.15) is 0 Å². The Morgan fingerprint density at radius 3 is 2.78 bits per heavy atom. The molecule has 1 fully saturated rings. The lowest BCUT2D eigenvalue weighted by Crippen LogP contribution is -2.40. The molecule has 2 aromatic rings. The highest BCUT2D eigenvalue weighted by Gasteiger charge is 2.28. The number of benzene rings is 1. The van der Waals surface area contributed by atoms with Crippen LogP contribution < -0.4 is 11.1 Å². The third kappa shape index (κ3) is 3.03. The Balaban J connectivity index is 1.98. The van der Waals surface area contributed by atoms with Gasteiger partial charge in [-0.05, 0) is 45.2 Å². The Kier molecular flexibility index (Phi) is 4.26. The van der Waals surface area contributed by atoms with Gasteiger partial charge in [-0.15, -0.1) is 0 Å². The molecule has 1 amide bonds. The Bertz CT molecular complexity index is 762. The van der Waals surface area contributed by atoms with E-state index in [1.165, 1.54) is 12.1 Å². The maximum atomic E-state index is 13.9. The van der Waals surface area contributed by atoms with Gasteiger partial charge in [0.05, 0.1) is 22.5 Å². The summed E-state index contributed by atoms with van der Waals surface area (Å²) in [5.74, 6) is -0.506. The first kappa shape index (κ1) is 15.8. The first-order valence-corrected chi connectivity index (χ1v) is 7.95. The number of fused-ring (bicyclic) bond motifs is 1. The second-order valence-electron chi connectivity index (χ2n) is 6.22. The molecule has 3 rings (SSSR count). The van der Waals surface area contributed by atoms with E-state index in [9.17, 15) is 9.18 Å². The summed E-state index contributed by atoms with van der Waals surface area (Å²) in [6, 6.07) is 2.59. The molecule has 3 N–H and O–H groups in total. The summed E-state index contributed by atoms with van der Waals surface area (Å²) in [6.45, 7) is 4.19. The minimum Gasteiger partial charge on any atom is -0.349 e. The summed E-state index contributed by atoms with van der Waals surface area (Å²) >= 11 is 0. The molecule has 1 heterocycles. The van der Waals surface area contributed by atoms with Crippen LogP contribution in [-0.4, -0.2) is 28.5 Å². The molecule has 23 heavy (non-hydrogen) atoms. The molecule has 1 aromatic carbocycles. The van der Waals surface area contributed by atoms with E-state index in [4.69, 9.17) is 5.73 Å². The summed E-state index contributed by atoms with van der Waals surface area (Å²) < 4.78 is 13.9. The molecule has 6 heteroatoms. The fourth-order valence-corrected chi connectivity index (χ4v) is 3.23. The molecule has 1 saturated carbocycles. The molecule has 1 aromatic heterocycles. The van der Waals surface area contributed by atoms with Gasteiger partial charge in [0.1, 0.15) is 11.3 Å². The number of hydrogen-bond acceptors (Lipinski definition) is 4. The number of hydrogen-bond donors (Lipinski definition) is 2. The normalized spacial score (nSPS) is 20.9. The van der Waals surface area contributed by atoms with Crippen molar-refractivity contribution in [3.8, 4) is 0 Å². The van der Waals surface area contributed by atoms with Crippen molar-refractivity contribution in [3.63, 3.8) is 0 Å². The largest absolute Gasteiger partial charge is 0.349 e. The fraction of sp³-hybridized carbons (Fsp3) is 0.471. The number of aryl methyl sites for hydroxylation is 2. The summed E-state index contributed by atoms with van der Waals surface area (Å²) in [4.78, 5) is 21.4. The van der Waals surface area contributed by atoms with Crippen molar-refractivity contribution in [2.45, 2.75) is 39.2 Å². The van der Waals surface area contributed by atoms with Crippen molar-refractivity contribution in [3.05, 3.63) is 34.9 Å². The van der Waals surface area contributed by atoms with Gasteiger partial charge in [0, 0.05) is 12.1 Å². The van der Waals surface area contributed by atoms with Gasteiger partial charge < -0.3 is 11.1 Å². The van der Waals surface area contributed by atoms with E-state index < -0.39 is 5.82 Å². The van der Waals surface area contributed by atoms with E-state index in [1.54, 1.807) is 0 Å². The quantitative estimate of drug-likeness (QED) is 0.910. The monoisotopic (exact) mass is 316 g/mol. The van der Waals surface area contributed by atoms with Crippen molar-refractivity contribution >= 4 is 16.9 Å². The molecule has 0 bridgehead atoms. The number of nitrogens with one attached hydrogen (secondary N) is 1. The molecule has 0 aliphatic heterocycles. The number of carbonyl (C=O) groups excluding carboxylic acids is 1. The predicted octanol–water partition coefficient (Wildman–Crippen LogP) is 2.24. The molecular weight excluding hydrogens is 295 g/mol. The van der Waals surface area contributed by atoms with Crippen LogP contribution in [0.25, 0.3) is 11.0 Å². The third-order valence-electron chi connectivity index (χ3n) is 4.67. The van der Waals surface area contributed by atoms with Crippen LogP contribution in [0.2, 0.25) is 0 Å². The van der Waals surface area contributed by atoms with Gasteiger partial charge in [-0.3, -0.25) is 4.79 Å². The number of nitrogens with two attached hydrogens (primary N) is 1. The van der Waals surface area contributed by atoms with E-state index in [0.29, 0.717) is 17.6 Å². The smallest absolute Gasteiger partial charge is 0.253 e. The van der Waals surface area contributed by atoms with Gasteiger partial charge in [-0.25, -0.2) is 14.4 Å². The van der Waals surface area contributed by atoms with Crippen LogP contribution in [0.15, 0.2) is 12.1 Å². The second-order valence-corrected chi connectivity index (χ2v) is 6.22. The van der Waals surface area contributed by atoms with Gasteiger partial charge in [-0.1, -0.05) is 6.42 Å². The molecule has 0 spiro atoms. The number of halogens is 1. The van der Waals surface area contributed by atoms with Crippen LogP contribution in [0.4, 0.5) is 4.39 Å². The maximum absolute atomic E-state index is 13.9. The van der Waals surface area contributed by atoms with Gasteiger partial charge >= 0.3 is 0 Å².